The van der Waals surface area contributed by atoms with Crippen LogP contribution in [0.1, 0.15) is 37.1 Å². The minimum Gasteiger partial charge on any atom is -0.481 e. The summed E-state index contributed by atoms with van der Waals surface area (Å²) in [6.07, 6.45) is 3.54. The maximum atomic E-state index is 11.1. The minimum absolute atomic E-state index is 0.302. The molecule has 0 aliphatic rings. The quantitative estimate of drug-likeness (QED) is 0.762. The van der Waals surface area contributed by atoms with Gasteiger partial charge in [0, 0.05) is 24.2 Å². The van der Waals surface area contributed by atoms with E-state index in [4.69, 9.17) is 5.11 Å². The summed E-state index contributed by atoms with van der Waals surface area (Å²) in [4.78, 5) is 16.5. The average Bonchev–Trinajstić information content (AvgIpc) is 2.75. The summed E-state index contributed by atoms with van der Waals surface area (Å²) in [5.41, 5.74) is 0. The van der Waals surface area contributed by atoms with Gasteiger partial charge in [-0.05, 0) is 18.8 Å². The third-order valence-electron chi connectivity index (χ3n) is 2.70. The second-order valence-electron chi connectivity index (χ2n) is 4.87. The predicted molar refractivity (Wildman–Crippen MR) is 73.8 cm³/mol. The van der Waals surface area contributed by atoms with Crippen LogP contribution in [0.2, 0.25) is 0 Å². The Morgan fingerprint density at radius 2 is 2.28 bits per heavy atom. The van der Waals surface area contributed by atoms with E-state index in [1.165, 1.54) is 4.88 Å². The Bertz CT molecular complexity index is 377. The first kappa shape index (κ1) is 15.1. The summed E-state index contributed by atoms with van der Waals surface area (Å²) in [6, 6.07) is 0. The van der Waals surface area contributed by atoms with Gasteiger partial charge in [-0.2, -0.15) is 0 Å². The number of carboxylic acids is 1. The molecule has 0 amide bonds. The number of nitrogens with one attached hydrogen (secondary N) is 1. The van der Waals surface area contributed by atoms with Crippen LogP contribution >= 0.6 is 11.3 Å². The van der Waals surface area contributed by atoms with Crippen molar-refractivity contribution in [2.45, 2.75) is 40.2 Å². The number of rotatable bonds is 8. The van der Waals surface area contributed by atoms with Gasteiger partial charge in [0.15, 0.2) is 0 Å². The molecule has 1 atom stereocenters. The number of aromatic nitrogens is 1. The van der Waals surface area contributed by atoms with Gasteiger partial charge in [0.25, 0.3) is 0 Å². The highest BCUT2D eigenvalue weighted by Crippen LogP contribution is 2.14. The summed E-state index contributed by atoms with van der Waals surface area (Å²) in [7, 11) is 0. The molecule has 2 N–H and O–H groups in total. The van der Waals surface area contributed by atoms with E-state index in [0.717, 1.165) is 11.4 Å². The van der Waals surface area contributed by atoms with Crippen molar-refractivity contribution in [2.24, 2.45) is 11.8 Å². The standard InChI is InChI=1S/C13H22N2O2S/c1-4-12-15-8-11(18-12)7-14-6-10(13(16)17)5-9(2)3/h8-10,14H,4-7H2,1-3H3,(H,16,17). The molecule has 102 valence electrons. The van der Waals surface area contributed by atoms with Crippen molar-refractivity contribution in [3.8, 4) is 0 Å². The zero-order valence-electron chi connectivity index (χ0n) is 11.3. The number of aryl methyl sites for hydroxylation is 1. The van der Waals surface area contributed by atoms with E-state index in [1.807, 2.05) is 20.0 Å². The van der Waals surface area contributed by atoms with E-state index < -0.39 is 5.97 Å². The highest BCUT2D eigenvalue weighted by atomic mass is 32.1. The molecule has 18 heavy (non-hydrogen) atoms. The van der Waals surface area contributed by atoms with Crippen molar-refractivity contribution in [1.29, 1.82) is 0 Å². The fourth-order valence-electron chi connectivity index (χ4n) is 1.80. The minimum atomic E-state index is -0.713. The molecule has 0 aromatic carbocycles. The Labute approximate surface area is 112 Å². The molecule has 1 heterocycles. The number of nitrogens with zero attached hydrogens (tertiary/aromatic N) is 1. The SMILES string of the molecule is CCc1ncc(CNCC(CC(C)C)C(=O)O)s1. The van der Waals surface area contributed by atoms with Crippen LogP contribution in [0, 0.1) is 11.8 Å². The second-order valence-corrected chi connectivity index (χ2v) is 6.07. The molecule has 1 unspecified atom stereocenters. The average molecular weight is 270 g/mol. The number of aliphatic carboxylic acids is 1. The molecule has 0 bridgehead atoms. The maximum Gasteiger partial charge on any atom is 0.307 e. The van der Waals surface area contributed by atoms with Gasteiger partial charge in [0.1, 0.15) is 0 Å². The first-order valence-corrected chi connectivity index (χ1v) is 7.21. The van der Waals surface area contributed by atoms with Crippen molar-refractivity contribution in [2.75, 3.05) is 6.54 Å². The van der Waals surface area contributed by atoms with Crippen LogP contribution in [-0.2, 0) is 17.8 Å². The molecule has 0 radical (unpaired) electrons. The summed E-state index contributed by atoms with van der Waals surface area (Å²) in [5, 5.41) is 13.5. The van der Waals surface area contributed by atoms with Crippen LogP contribution in [0.5, 0.6) is 0 Å². The Kier molecular flexibility index (Phi) is 6.29. The number of hydrogen-bond acceptors (Lipinski definition) is 4. The van der Waals surface area contributed by atoms with Gasteiger partial charge in [0.05, 0.1) is 10.9 Å². The van der Waals surface area contributed by atoms with E-state index >= 15 is 0 Å². The van der Waals surface area contributed by atoms with Gasteiger partial charge in [-0.3, -0.25) is 4.79 Å². The summed E-state index contributed by atoms with van der Waals surface area (Å²) in [6.45, 7) is 7.41. The van der Waals surface area contributed by atoms with Crippen LogP contribution in [0.15, 0.2) is 6.20 Å². The predicted octanol–water partition coefficient (Wildman–Crippen LogP) is 2.54. The first-order chi connectivity index (χ1) is 8.52. The van der Waals surface area contributed by atoms with Crippen molar-refractivity contribution in [1.82, 2.24) is 10.3 Å². The molecule has 0 saturated carbocycles. The van der Waals surface area contributed by atoms with E-state index in [0.29, 0.717) is 25.4 Å². The zero-order valence-corrected chi connectivity index (χ0v) is 12.1. The third-order valence-corrected chi connectivity index (χ3v) is 3.84. The molecule has 1 rings (SSSR count). The lowest BCUT2D eigenvalue weighted by Crippen LogP contribution is -2.29. The normalized spacial score (nSPS) is 12.9. The van der Waals surface area contributed by atoms with Crippen molar-refractivity contribution < 1.29 is 9.90 Å². The van der Waals surface area contributed by atoms with E-state index in [9.17, 15) is 4.79 Å². The van der Waals surface area contributed by atoms with Crippen LogP contribution in [0.3, 0.4) is 0 Å². The largest absolute Gasteiger partial charge is 0.481 e. The monoisotopic (exact) mass is 270 g/mol. The molecule has 1 aromatic rings. The lowest BCUT2D eigenvalue weighted by molar-refractivity contribution is -0.142. The Morgan fingerprint density at radius 1 is 1.56 bits per heavy atom. The van der Waals surface area contributed by atoms with Crippen LogP contribution in [-0.4, -0.2) is 22.6 Å². The number of carboxylic acid groups (broad SMARTS) is 1. The lowest BCUT2D eigenvalue weighted by Gasteiger charge is -2.14. The topological polar surface area (TPSA) is 62.2 Å². The van der Waals surface area contributed by atoms with Gasteiger partial charge in [-0.15, -0.1) is 11.3 Å². The van der Waals surface area contributed by atoms with Crippen LogP contribution in [0.25, 0.3) is 0 Å². The fourth-order valence-corrected chi connectivity index (χ4v) is 2.64. The molecule has 0 saturated heterocycles. The Balaban J connectivity index is 2.36. The second kappa shape index (κ2) is 7.48. The van der Waals surface area contributed by atoms with Crippen LogP contribution in [0.4, 0.5) is 0 Å². The fraction of sp³-hybridized carbons (Fsp3) is 0.692. The van der Waals surface area contributed by atoms with Gasteiger partial charge >= 0.3 is 5.97 Å². The Morgan fingerprint density at radius 3 is 2.78 bits per heavy atom. The smallest absolute Gasteiger partial charge is 0.307 e. The van der Waals surface area contributed by atoms with Crippen molar-refractivity contribution in [3.05, 3.63) is 16.1 Å². The van der Waals surface area contributed by atoms with Crippen LogP contribution < -0.4 is 5.32 Å². The highest BCUT2D eigenvalue weighted by molar-refractivity contribution is 7.11. The molecule has 1 aromatic heterocycles. The Hall–Kier alpha value is -0.940. The maximum absolute atomic E-state index is 11.1. The third kappa shape index (κ3) is 5.14. The highest BCUT2D eigenvalue weighted by Gasteiger charge is 2.18. The van der Waals surface area contributed by atoms with E-state index in [1.54, 1.807) is 11.3 Å². The molecule has 4 nitrogen and oxygen atoms in total. The molecule has 0 spiro atoms. The molecular formula is C13H22N2O2S. The molecule has 0 aliphatic carbocycles. The first-order valence-electron chi connectivity index (χ1n) is 6.40. The van der Waals surface area contributed by atoms with Gasteiger partial charge < -0.3 is 10.4 Å². The van der Waals surface area contributed by atoms with E-state index in [-0.39, 0.29) is 5.92 Å². The number of thiazole rings is 1. The van der Waals surface area contributed by atoms with Crippen molar-refractivity contribution >= 4 is 17.3 Å². The molecule has 0 aliphatic heterocycles. The van der Waals surface area contributed by atoms with Gasteiger partial charge in [0.2, 0.25) is 0 Å². The van der Waals surface area contributed by atoms with Crippen molar-refractivity contribution in [3.63, 3.8) is 0 Å². The molecule has 5 heteroatoms. The van der Waals surface area contributed by atoms with E-state index in [2.05, 4.69) is 17.2 Å². The summed E-state index contributed by atoms with van der Waals surface area (Å²) >= 11 is 1.69. The molecular weight excluding hydrogens is 248 g/mol. The summed E-state index contributed by atoms with van der Waals surface area (Å²) in [5.74, 6) is -0.610. The lowest BCUT2D eigenvalue weighted by atomic mass is 9.97. The van der Waals surface area contributed by atoms with Gasteiger partial charge in [-0.1, -0.05) is 20.8 Å². The number of carbonyl (C=O) groups is 1. The van der Waals surface area contributed by atoms with Gasteiger partial charge in [-0.25, -0.2) is 4.98 Å². The zero-order chi connectivity index (χ0) is 13.5. The summed E-state index contributed by atoms with van der Waals surface area (Å²) < 4.78 is 0. The molecule has 0 fully saturated rings. The number of hydrogen-bond donors (Lipinski definition) is 2.